The summed E-state index contributed by atoms with van der Waals surface area (Å²) in [6, 6.07) is 76.1. The molecule has 0 saturated carbocycles. The van der Waals surface area contributed by atoms with Crippen LogP contribution in [0.3, 0.4) is 0 Å². The Morgan fingerprint density at radius 1 is 0.274 bits per heavy atom. The largest absolute Gasteiger partial charge is 0.309 e. The highest BCUT2D eigenvalue weighted by atomic mass is 15.0. The molecule has 0 bridgehead atoms. The molecular formula is C56H36N6. The minimum atomic E-state index is 0.579. The van der Waals surface area contributed by atoms with Gasteiger partial charge in [0.05, 0.1) is 39.1 Å². The van der Waals surface area contributed by atoms with Crippen LogP contribution in [-0.4, -0.2) is 29.1 Å². The van der Waals surface area contributed by atoms with E-state index in [4.69, 9.17) is 19.9 Å². The molecule has 0 aliphatic rings. The summed E-state index contributed by atoms with van der Waals surface area (Å²) in [5.74, 6) is 1.78. The lowest BCUT2D eigenvalue weighted by molar-refractivity contribution is 1.07. The molecule has 0 saturated heterocycles. The zero-order valence-electron chi connectivity index (χ0n) is 33.5. The summed E-state index contributed by atoms with van der Waals surface area (Å²) < 4.78 is 4.66. The molecule has 4 heterocycles. The van der Waals surface area contributed by atoms with Crippen molar-refractivity contribution in [3.8, 4) is 68.1 Å². The number of hydrogen-bond donors (Lipinski definition) is 0. The second-order valence-corrected chi connectivity index (χ2v) is 15.5. The number of benzene rings is 8. The topological polar surface area (TPSA) is 61.4 Å². The zero-order chi connectivity index (χ0) is 41.0. The summed E-state index contributed by atoms with van der Waals surface area (Å²) in [5.41, 5.74) is 13.0. The number of aromatic nitrogens is 6. The number of nitrogens with zero attached hydrogens (tertiary/aromatic N) is 6. The third-order valence-electron chi connectivity index (χ3n) is 11.8. The molecule has 290 valence electrons. The van der Waals surface area contributed by atoms with Crippen LogP contribution in [0.25, 0.3) is 112 Å². The van der Waals surface area contributed by atoms with E-state index in [1.165, 1.54) is 21.5 Å². The monoisotopic (exact) mass is 792 g/mol. The van der Waals surface area contributed by atoms with Crippen molar-refractivity contribution in [3.05, 3.63) is 218 Å². The van der Waals surface area contributed by atoms with E-state index in [0.717, 1.165) is 72.6 Å². The van der Waals surface area contributed by atoms with Gasteiger partial charge < -0.3 is 9.13 Å². The van der Waals surface area contributed by atoms with Gasteiger partial charge in [0.1, 0.15) is 0 Å². The average Bonchev–Trinajstić information content (AvgIpc) is 3.87. The third-order valence-corrected chi connectivity index (χ3v) is 11.8. The fourth-order valence-corrected chi connectivity index (χ4v) is 8.94. The first-order valence-electron chi connectivity index (χ1n) is 20.8. The molecule has 0 amide bonds. The predicted octanol–water partition coefficient (Wildman–Crippen LogP) is 13.8. The average molecular weight is 793 g/mol. The molecule has 0 N–H and O–H groups in total. The number of pyridine rings is 1. The van der Waals surface area contributed by atoms with E-state index >= 15 is 0 Å². The van der Waals surface area contributed by atoms with Crippen molar-refractivity contribution in [2.24, 2.45) is 0 Å². The van der Waals surface area contributed by atoms with E-state index in [0.29, 0.717) is 17.5 Å². The molecule has 0 fully saturated rings. The van der Waals surface area contributed by atoms with E-state index < -0.39 is 0 Å². The minimum Gasteiger partial charge on any atom is -0.309 e. The summed E-state index contributed by atoms with van der Waals surface area (Å²) in [6.07, 6.45) is 0. The van der Waals surface area contributed by atoms with Gasteiger partial charge in [-0.25, -0.2) is 19.9 Å². The highest BCUT2D eigenvalue weighted by Gasteiger charge is 2.20. The molecular weight excluding hydrogens is 757 g/mol. The van der Waals surface area contributed by atoms with Crippen molar-refractivity contribution in [1.29, 1.82) is 0 Å². The normalized spacial score (nSPS) is 11.5. The summed E-state index contributed by atoms with van der Waals surface area (Å²) >= 11 is 0. The molecule has 0 radical (unpaired) electrons. The smallest absolute Gasteiger partial charge is 0.164 e. The molecule has 8 aromatic carbocycles. The van der Waals surface area contributed by atoms with Crippen LogP contribution in [0.1, 0.15) is 0 Å². The third kappa shape index (κ3) is 5.96. The molecule has 0 unspecified atom stereocenters. The van der Waals surface area contributed by atoms with E-state index in [2.05, 4.69) is 191 Å². The van der Waals surface area contributed by atoms with E-state index in [9.17, 15) is 0 Å². The Labute approximate surface area is 357 Å². The Morgan fingerprint density at radius 2 is 0.694 bits per heavy atom. The fraction of sp³-hybridized carbons (Fsp3) is 0. The van der Waals surface area contributed by atoms with Crippen molar-refractivity contribution < 1.29 is 0 Å². The van der Waals surface area contributed by atoms with Crippen LogP contribution in [-0.2, 0) is 0 Å². The van der Waals surface area contributed by atoms with E-state index in [1.807, 2.05) is 36.4 Å². The second kappa shape index (κ2) is 14.7. The molecule has 0 spiro atoms. The number of fused-ring (bicyclic) bond motifs is 6. The number of rotatable bonds is 7. The second-order valence-electron chi connectivity index (χ2n) is 15.5. The summed E-state index contributed by atoms with van der Waals surface area (Å²) in [4.78, 5) is 21.0. The van der Waals surface area contributed by atoms with Crippen molar-refractivity contribution in [2.75, 3.05) is 0 Å². The highest BCUT2D eigenvalue weighted by molar-refractivity contribution is 6.10. The Balaban J connectivity index is 1.04. The van der Waals surface area contributed by atoms with Crippen molar-refractivity contribution >= 4 is 43.6 Å². The Hall–Kier alpha value is -8.48. The molecule has 0 atom stereocenters. The highest BCUT2D eigenvalue weighted by Crippen LogP contribution is 2.38. The maximum atomic E-state index is 5.45. The number of hydrogen-bond acceptors (Lipinski definition) is 4. The fourth-order valence-electron chi connectivity index (χ4n) is 8.94. The molecule has 0 aliphatic heterocycles. The molecule has 12 rings (SSSR count). The van der Waals surface area contributed by atoms with Gasteiger partial charge in [0.15, 0.2) is 17.5 Å². The van der Waals surface area contributed by atoms with Crippen LogP contribution in [0.15, 0.2) is 218 Å². The molecule has 6 nitrogen and oxygen atoms in total. The summed E-state index contributed by atoms with van der Waals surface area (Å²) in [6.45, 7) is 0. The minimum absolute atomic E-state index is 0.579. The molecule has 6 heteroatoms. The first-order valence-corrected chi connectivity index (χ1v) is 20.8. The van der Waals surface area contributed by atoms with Gasteiger partial charge in [0, 0.05) is 55.0 Å². The van der Waals surface area contributed by atoms with Gasteiger partial charge in [0.2, 0.25) is 0 Å². The standard InChI is InChI=1S/C56H36N6/c1-3-17-37(18-4-1)47-33-34-52(62-50-31-13-9-27-45(50)46-28-10-14-32-51(46)62)53(57-47)39-21-15-22-40(35-39)55-58-54(38-19-5-2-6-20-38)59-56(60-55)41-23-16-24-42(36-41)61-48-29-11-7-25-43(48)44-26-8-12-30-49(44)61/h1-36H. The lowest BCUT2D eigenvalue weighted by atomic mass is 10.0. The van der Waals surface area contributed by atoms with Gasteiger partial charge in [0.25, 0.3) is 0 Å². The Kier molecular flexibility index (Phi) is 8.38. The van der Waals surface area contributed by atoms with Crippen LogP contribution in [0, 0.1) is 0 Å². The molecule has 62 heavy (non-hydrogen) atoms. The lowest BCUT2D eigenvalue weighted by Crippen LogP contribution is -2.02. The van der Waals surface area contributed by atoms with Crippen LogP contribution in [0.5, 0.6) is 0 Å². The summed E-state index contributed by atoms with van der Waals surface area (Å²) in [7, 11) is 0. The first-order chi connectivity index (χ1) is 30.7. The predicted molar refractivity (Wildman–Crippen MR) is 253 cm³/mol. The zero-order valence-corrected chi connectivity index (χ0v) is 33.5. The van der Waals surface area contributed by atoms with Gasteiger partial charge in [-0.3, -0.25) is 0 Å². The van der Waals surface area contributed by atoms with Gasteiger partial charge in [-0.15, -0.1) is 0 Å². The lowest BCUT2D eigenvalue weighted by Gasteiger charge is -2.16. The maximum Gasteiger partial charge on any atom is 0.164 e. The molecule has 4 aromatic heterocycles. The first kappa shape index (κ1) is 35.5. The van der Waals surface area contributed by atoms with Gasteiger partial charge in [-0.1, -0.05) is 164 Å². The van der Waals surface area contributed by atoms with Crippen LogP contribution in [0.4, 0.5) is 0 Å². The van der Waals surface area contributed by atoms with Gasteiger partial charge >= 0.3 is 0 Å². The Morgan fingerprint density at radius 3 is 1.26 bits per heavy atom. The van der Waals surface area contributed by atoms with Crippen molar-refractivity contribution in [1.82, 2.24) is 29.1 Å². The van der Waals surface area contributed by atoms with Crippen LogP contribution >= 0.6 is 0 Å². The quantitative estimate of drug-likeness (QED) is 0.161. The molecule has 0 aliphatic carbocycles. The van der Waals surface area contributed by atoms with Crippen molar-refractivity contribution in [3.63, 3.8) is 0 Å². The maximum absolute atomic E-state index is 5.45. The van der Waals surface area contributed by atoms with E-state index in [1.54, 1.807) is 0 Å². The van der Waals surface area contributed by atoms with Gasteiger partial charge in [-0.2, -0.15) is 0 Å². The van der Waals surface area contributed by atoms with E-state index in [-0.39, 0.29) is 0 Å². The number of para-hydroxylation sites is 4. The Bertz CT molecular complexity index is 3540. The summed E-state index contributed by atoms with van der Waals surface area (Å²) in [5, 5.41) is 4.83. The van der Waals surface area contributed by atoms with Crippen molar-refractivity contribution in [2.45, 2.75) is 0 Å². The SMILES string of the molecule is c1ccc(-c2ccc(-n3c4ccccc4c4ccccc43)c(-c3cccc(-c4nc(-c5ccccc5)nc(-c5cccc(-n6c7ccccc7c7ccccc76)c5)n4)c3)n2)cc1. The van der Waals surface area contributed by atoms with Crippen LogP contribution < -0.4 is 0 Å². The van der Waals surface area contributed by atoms with Gasteiger partial charge in [-0.05, 0) is 54.6 Å². The molecule has 12 aromatic rings. The van der Waals surface area contributed by atoms with Crippen LogP contribution in [0.2, 0.25) is 0 Å².